The molecule has 0 aliphatic heterocycles. The average Bonchev–Trinajstić information content (AvgIpc) is 3.56. The van der Waals surface area contributed by atoms with E-state index in [0.29, 0.717) is 0 Å². The molecule has 2 heteroatoms. The highest BCUT2D eigenvalue weighted by atomic mass is 16.3. The molecule has 0 saturated heterocycles. The Bertz CT molecular complexity index is 2890. The lowest BCUT2D eigenvalue weighted by molar-refractivity contribution is 0.669. The second kappa shape index (κ2) is 11.5. The van der Waals surface area contributed by atoms with E-state index in [-0.39, 0.29) is 0 Å². The zero-order valence-corrected chi connectivity index (χ0v) is 27.3. The number of benzene rings is 9. The molecule has 0 amide bonds. The van der Waals surface area contributed by atoms with Gasteiger partial charge in [0.15, 0.2) is 0 Å². The summed E-state index contributed by atoms with van der Waals surface area (Å²) in [6, 6.07) is 67.6. The van der Waals surface area contributed by atoms with Crippen molar-refractivity contribution >= 4 is 71.3 Å². The Balaban J connectivity index is 1.23. The first-order chi connectivity index (χ1) is 24.8. The summed E-state index contributed by atoms with van der Waals surface area (Å²) in [5.74, 6) is 0. The third-order valence-corrected chi connectivity index (χ3v) is 10.0. The molecule has 10 rings (SSSR count). The van der Waals surface area contributed by atoms with Crippen LogP contribution in [0.5, 0.6) is 0 Å². The minimum absolute atomic E-state index is 0.870. The smallest absolute Gasteiger partial charge is 0.137 e. The van der Waals surface area contributed by atoms with E-state index in [9.17, 15) is 0 Å². The number of para-hydroxylation sites is 2. The zero-order valence-electron chi connectivity index (χ0n) is 27.3. The molecule has 50 heavy (non-hydrogen) atoms. The summed E-state index contributed by atoms with van der Waals surface area (Å²) in [6.07, 6.45) is 0. The van der Waals surface area contributed by atoms with Crippen LogP contribution in [0, 0.1) is 0 Å². The third-order valence-electron chi connectivity index (χ3n) is 10.0. The quantitative estimate of drug-likeness (QED) is 0.175. The molecule has 1 aromatic heterocycles. The maximum absolute atomic E-state index is 6.46. The van der Waals surface area contributed by atoms with Gasteiger partial charge in [-0.1, -0.05) is 146 Å². The predicted molar refractivity (Wildman–Crippen MR) is 212 cm³/mol. The number of fused-ring (bicyclic) bond motifs is 7. The van der Waals surface area contributed by atoms with Crippen molar-refractivity contribution in [2.24, 2.45) is 0 Å². The number of nitrogens with zero attached hydrogens (tertiary/aromatic N) is 1. The molecule has 0 bridgehead atoms. The first-order valence-electron chi connectivity index (χ1n) is 17.1. The molecule has 1 heterocycles. The van der Waals surface area contributed by atoms with E-state index in [2.05, 4.69) is 181 Å². The molecule has 2 nitrogen and oxygen atoms in total. The Morgan fingerprint density at radius 3 is 1.80 bits per heavy atom. The van der Waals surface area contributed by atoms with E-state index in [0.717, 1.165) is 50.1 Å². The Hall–Kier alpha value is -6.64. The SMILES string of the molecule is c1cc(-c2ccccc2N(c2ccc3c(c2)oc2ccccc23)c2cc3ccccc3c3ccccc23)cc(-c2cccc3ccccc23)c1. The number of hydrogen-bond donors (Lipinski definition) is 0. The van der Waals surface area contributed by atoms with Gasteiger partial charge in [0, 0.05) is 33.5 Å². The standard InChI is InChI=1S/C48H31NO/c1-3-18-37-32(13-1)15-12-24-38(37)33-16-11-17-34(29-33)40-20-7-9-25-45(40)49(36-27-28-44-43-23-8-10-26-47(43)50-48(44)31-36)46-30-35-14-2-4-19-39(35)41-21-5-6-22-42(41)46/h1-31H. The van der Waals surface area contributed by atoms with Crippen LogP contribution >= 0.6 is 0 Å². The number of anilines is 3. The molecule has 9 aromatic carbocycles. The van der Waals surface area contributed by atoms with Gasteiger partial charge in [-0.2, -0.15) is 0 Å². The normalized spacial score (nSPS) is 11.6. The topological polar surface area (TPSA) is 16.4 Å². The second-order valence-electron chi connectivity index (χ2n) is 12.9. The predicted octanol–water partition coefficient (Wildman–Crippen LogP) is 13.8. The molecular formula is C48H31NO. The van der Waals surface area contributed by atoms with Crippen LogP contribution in [0.2, 0.25) is 0 Å². The molecular weight excluding hydrogens is 607 g/mol. The fraction of sp³-hybridized carbons (Fsp3) is 0. The van der Waals surface area contributed by atoms with Crippen molar-refractivity contribution in [3.63, 3.8) is 0 Å². The number of rotatable bonds is 5. The number of furan rings is 1. The molecule has 0 atom stereocenters. The Labute approximate surface area is 290 Å². The highest BCUT2D eigenvalue weighted by Gasteiger charge is 2.22. The van der Waals surface area contributed by atoms with Crippen molar-refractivity contribution in [3.8, 4) is 22.3 Å². The highest BCUT2D eigenvalue weighted by molar-refractivity contribution is 6.15. The van der Waals surface area contributed by atoms with E-state index in [1.807, 2.05) is 12.1 Å². The Morgan fingerprint density at radius 1 is 0.320 bits per heavy atom. The van der Waals surface area contributed by atoms with Crippen LogP contribution in [0.3, 0.4) is 0 Å². The summed E-state index contributed by atoms with van der Waals surface area (Å²) in [5.41, 5.74) is 9.75. The fourth-order valence-corrected chi connectivity index (χ4v) is 7.73. The lowest BCUT2D eigenvalue weighted by atomic mass is 9.94. The summed E-state index contributed by atoms with van der Waals surface area (Å²) in [6.45, 7) is 0. The molecule has 0 radical (unpaired) electrons. The van der Waals surface area contributed by atoms with E-state index < -0.39 is 0 Å². The number of hydrogen-bond acceptors (Lipinski definition) is 2. The maximum atomic E-state index is 6.46. The van der Waals surface area contributed by atoms with Crippen LogP contribution in [0.15, 0.2) is 192 Å². The minimum Gasteiger partial charge on any atom is -0.456 e. The van der Waals surface area contributed by atoms with E-state index in [4.69, 9.17) is 4.42 Å². The van der Waals surface area contributed by atoms with Gasteiger partial charge in [0.2, 0.25) is 0 Å². The van der Waals surface area contributed by atoms with E-state index in [1.54, 1.807) is 0 Å². The fourth-order valence-electron chi connectivity index (χ4n) is 7.73. The van der Waals surface area contributed by atoms with Gasteiger partial charge in [-0.15, -0.1) is 0 Å². The first kappa shape index (κ1) is 28.4. The second-order valence-corrected chi connectivity index (χ2v) is 12.9. The molecule has 234 valence electrons. The Morgan fingerprint density at radius 2 is 0.920 bits per heavy atom. The first-order valence-corrected chi connectivity index (χ1v) is 17.1. The maximum Gasteiger partial charge on any atom is 0.137 e. The molecule has 0 aliphatic carbocycles. The molecule has 10 aromatic rings. The highest BCUT2D eigenvalue weighted by Crippen LogP contribution is 2.47. The summed E-state index contributed by atoms with van der Waals surface area (Å²) in [7, 11) is 0. The van der Waals surface area contributed by atoms with Gasteiger partial charge in [-0.3, -0.25) is 0 Å². The zero-order chi connectivity index (χ0) is 33.0. The molecule has 0 saturated carbocycles. The average molecular weight is 638 g/mol. The molecule has 0 fully saturated rings. The minimum atomic E-state index is 0.870. The summed E-state index contributed by atoms with van der Waals surface area (Å²) < 4.78 is 6.46. The van der Waals surface area contributed by atoms with Crippen LogP contribution in [0.1, 0.15) is 0 Å². The van der Waals surface area contributed by atoms with Crippen molar-refractivity contribution in [2.75, 3.05) is 4.90 Å². The lowest BCUT2D eigenvalue weighted by Gasteiger charge is -2.29. The van der Waals surface area contributed by atoms with Gasteiger partial charge in [-0.25, -0.2) is 0 Å². The van der Waals surface area contributed by atoms with Crippen molar-refractivity contribution in [1.82, 2.24) is 0 Å². The van der Waals surface area contributed by atoms with Crippen LogP contribution in [0.25, 0.3) is 76.5 Å². The molecule has 0 N–H and O–H groups in total. The van der Waals surface area contributed by atoms with Crippen molar-refractivity contribution in [3.05, 3.63) is 188 Å². The van der Waals surface area contributed by atoms with E-state index in [1.165, 1.54) is 43.4 Å². The van der Waals surface area contributed by atoms with Gasteiger partial charge in [0.05, 0.1) is 11.4 Å². The van der Waals surface area contributed by atoms with Crippen molar-refractivity contribution in [1.29, 1.82) is 0 Å². The van der Waals surface area contributed by atoms with Crippen LogP contribution in [0.4, 0.5) is 17.1 Å². The summed E-state index contributed by atoms with van der Waals surface area (Å²) in [4.78, 5) is 2.42. The molecule has 0 unspecified atom stereocenters. The molecule has 0 spiro atoms. The van der Waals surface area contributed by atoms with Gasteiger partial charge in [-0.05, 0) is 80.0 Å². The Kier molecular flexibility index (Phi) is 6.53. The van der Waals surface area contributed by atoms with Gasteiger partial charge >= 0.3 is 0 Å². The monoisotopic (exact) mass is 637 g/mol. The van der Waals surface area contributed by atoms with Crippen molar-refractivity contribution in [2.45, 2.75) is 0 Å². The van der Waals surface area contributed by atoms with Gasteiger partial charge in [0.25, 0.3) is 0 Å². The summed E-state index contributed by atoms with van der Waals surface area (Å²) in [5, 5.41) is 9.60. The van der Waals surface area contributed by atoms with Crippen LogP contribution in [-0.2, 0) is 0 Å². The van der Waals surface area contributed by atoms with Crippen molar-refractivity contribution < 1.29 is 4.42 Å². The van der Waals surface area contributed by atoms with Gasteiger partial charge in [0.1, 0.15) is 11.2 Å². The van der Waals surface area contributed by atoms with E-state index >= 15 is 0 Å². The van der Waals surface area contributed by atoms with Crippen LogP contribution in [-0.4, -0.2) is 0 Å². The largest absolute Gasteiger partial charge is 0.456 e. The van der Waals surface area contributed by atoms with Gasteiger partial charge < -0.3 is 9.32 Å². The summed E-state index contributed by atoms with van der Waals surface area (Å²) >= 11 is 0. The third kappa shape index (κ3) is 4.57. The molecule has 0 aliphatic rings. The lowest BCUT2D eigenvalue weighted by Crippen LogP contribution is -2.12. The van der Waals surface area contributed by atoms with Crippen LogP contribution < -0.4 is 4.90 Å².